The van der Waals surface area contributed by atoms with E-state index in [0.29, 0.717) is 12.8 Å². The van der Waals surface area contributed by atoms with Crippen molar-refractivity contribution < 1.29 is 15.1 Å². The average Bonchev–Trinajstić information content (AvgIpc) is 2.00. The van der Waals surface area contributed by atoms with Gasteiger partial charge < -0.3 is 15.1 Å². The van der Waals surface area contributed by atoms with Crippen molar-refractivity contribution in [2.24, 2.45) is 11.1 Å². The van der Waals surface area contributed by atoms with Crippen LogP contribution in [0.3, 0.4) is 0 Å². The maximum absolute atomic E-state index is 9.45. The van der Waals surface area contributed by atoms with E-state index in [4.69, 9.17) is 0 Å². The van der Waals surface area contributed by atoms with Crippen molar-refractivity contribution in [1.82, 2.24) is 0 Å². The molecule has 4 nitrogen and oxygen atoms in total. The maximum atomic E-state index is 9.45. The number of rotatable bonds is 1. The third-order valence-corrected chi connectivity index (χ3v) is 2.27. The fourth-order valence-electron chi connectivity index (χ4n) is 1.45. The van der Waals surface area contributed by atoms with Gasteiger partial charge in [0.25, 0.3) is 0 Å². The van der Waals surface area contributed by atoms with Gasteiger partial charge in [0.1, 0.15) is 7.11 Å². The van der Waals surface area contributed by atoms with E-state index >= 15 is 0 Å². The van der Waals surface area contributed by atoms with E-state index in [-0.39, 0.29) is 5.92 Å². The summed E-state index contributed by atoms with van der Waals surface area (Å²) in [4.78, 5) is 4.61. The van der Waals surface area contributed by atoms with Gasteiger partial charge in [0.2, 0.25) is 0 Å². The number of aliphatic hydroxyl groups excluding tert-OH is 2. The molecule has 12 heavy (non-hydrogen) atoms. The molecule has 70 valence electrons. The first-order valence-corrected chi connectivity index (χ1v) is 4.11. The summed E-state index contributed by atoms with van der Waals surface area (Å²) in [5.74, 6) is -0.00616. The quantitative estimate of drug-likeness (QED) is 0.554. The van der Waals surface area contributed by atoms with Crippen molar-refractivity contribution in [2.45, 2.75) is 32.0 Å². The fraction of sp³-hybridized carbons (Fsp3) is 0.875. The van der Waals surface area contributed by atoms with Gasteiger partial charge in [-0.2, -0.15) is 0 Å². The lowest BCUT2D eigenvalue weighted by molar-refractivity contribution is 0.0490. The Morgan fingerprint density at radius 3 is 2.75 bits per heavy atom. The summed E-state index contributed by atoms with van der Waals surface area (Å²) in [6.45, 7) is 1.88. The Labute approximate surface area is 71.8 Å². The van der Waals surface area contributed by atoms with Crippen LogP contribution in [0.1, 0.15) is 19.8 Å². The minimum Gasteiger partial charge on any atom is -0.399 e. The van der Waals surface area contributed by atoms with Gasteiger partial charge in [-0.3, -0.25) is 0 Å². The molecule has 2 N–H and O–H groups in total. The monoisotopic (exact) mass is 173 g/mol. The average molecular weight is 173 g/mol. The molecular weight excluding hydrogens is 158 g/mol. The summed E-state index contributed by atoms with van der Waals surface area (Å²) < 4.78 is 0. The molecular formula is C8H15NO3. The van der Waals surface area contributed by atoms with Crippen molar-refractivity contribution in [2.75, 3.05) is 7.11 Å². The van der Waals surface area contributed by atoms with E-state index in [9.17, 15) is 10.2 Å². The second kappa shape index (κ2) is 3.87. The molecule has 1 aliphatic carbocycles. The maximum Gasteiger partial charge on any atom is 0.106 e. The van der Waals surface area contributed by atoms with Gasteiger partial charge in [-0.15, -0.1) is 0 Å². The van der Waals surface area contributed by atoms with Gasteiger partial charge in [0.15, 0.2) is 0 Å². The highest BCUT2D eigenvalue weighted by molar-refractivity contribution is 5.87. The molecule has 0 aromatic heterocycles. The largest absolute Gasteiger partial charge is 0.399 e. The lowest BCUT2D eigenvalue weighted by Gasteiger charge is -2.28. The second-order valence-corrected chi connectivity index (χ2v) is 3.21. The van der Waals surface area contributed by atoms with Crippen LogP contribution in [0.2, 0.25) is 0 Å². The van der Waals surface area contributed by atoms with Gasteiger partial charge in [-0.1, -0.05) is 12.1 Å². The third kappa shape index (κ3) is 1.95. The first-order valence-electron chi connectivity index (χ1n) is 4.11. The number of hydrogen-bond acceptors (Lipinski definition) is 4. The van der Waals surface area contributed by atoms with Gasteiger partial charge in [0, 0.05) is 18.8 Å². The van der Waals surface area contributed by atoms with Crippen LogP contribution < -0.4 is 0 Å². The predicted molar refractivity (Wildman–Crippen MR) is 44.9 cm³/mol. The zero-order valence-corrected chi connectivity index (χ0v) is 7.40. The van der Waals surface area contributed by atoms with Crippen LogP contribution in [-0.2, 0) is 4.84 Å². The Bertz CT molecular complexity index is 181. The van der Waals surface area contributed by atoms with Crippen molar-refractivity contribution in [3.63, 3.8) is 0 Å². The molecule has 1 rings (SSSR count). The molecule has 1 unspecified atom stereocenters. The Kier molecular flexibility index (Phi) is 3.05. The lowest BCUT2D eigenvalue weighted by Crippen LogP contribution is -2.37. The molecule has 0 aromatic rings. The molecule has 0 amide bonds. The van der Waals surface area contributed by atoms with Crippen LogP contribution in [0.4, 0.5) is 0 Å². The van der Waals surface area contributed by atoms with E-state index in [0.717, 1.165) is 5.71 Å². The molecule has 0 aliphatic heterocycles. The second-order valence-electron chi connectivity index (χ2n) is 3.21. The highest BCUT2D eigenvalue weighted by atomic mass is 16.6. The molecule has 0 heterocycles. The molecule has 0 radical (unpaired) electrons. The number of aliphatic hydroxyl groups is 2. The van der Waals surface area contributed by atoms with Crippen LogP contribution in [0.15, 0.2) is 5.16 Å². The first-order chi connectivity index (χ1) is 5.65. The Morgan fingerprint density at radius 2 is 2.17 bits per heavy atom. The molecule has 3 atom stereocenters. The van der Waals surface area contributed by atoms with Gasteiger partial charge in [-0.25, -0.2) is 0 Å². The van der Waals surface area contributed by atoms with Crippen molar-refractivity contribution in [3.05, 3.63) is 0 Å². The Morgan fingerprint density at radius 1 is 1.50 bits per heavy atom. The highest BCUT2D eigenvalue weighted by Crippen LogP contribution is 2.22. The summed E-state index contributed by atoms with van der Waals surface area (Å²) in [5, 5.41) is 22.5. The summed E-state index contributed by atoms with van der Waals surface area (Å²) in [6, 6.07) is 0. The summed E-state index contributed by atoms with van der Waals surface area (Å²) in [5.41, 5.74) is 0.740. The topological polar surface area (TPSA) is 62.0 Å². The van der Waals surface area contributed by atoms with E-state index in [1.165, 1.54) is 7.11 Å². The number of nitrogens with zero attached hydrogens (tertiary/aromatic N) is 1. The fourth-order valence-corrected chi connectivity index (χ4v) is 1.45. The highest BCUT2D eigenvalue weighted by Gasteiger charge is 2.30. The normalized spacial score (nSPS) is 40.0. The molecule has 1 fully saturated rings. The molecule has 1 saturated carbocycles. The molecule has 4 heteroatoms. The van der Waals surface area contributed by atoms with Gasteiger partial charge in [0.05, 0.1) is 17.9 Å². The van der Waals surface area contributed by atoms with Gasteiger partial charge in [-0.05, 0) is 0 Å². The van der Waals surface area contributed by atoms with E-state index < -0.39 is 12.2 Å². The minimum atomic E-state index is -0.498. The number of oxime groups is 1. The van der Waals surface area contributed by atoms with Crippen molar-refractivity contribution in [3.8, 4) is 0 Å². The summed E-state index contributed by atoms with van der Waals surface area (Å²) >= 11 is 0. The smallest absolute Gasteiger partial charge is 0.106 e. The molecule has 0 aromatic carbocycles. The Balaban J connectivity index is 2.66. The van der Waals surface area contributed by atoms with Crippen molar-refractivity contribution >= 4 is 5.71 Å². The zero-order chi connectivity index (χ0) is 9.14. The van der Waals surface area contributed by atoms with Crippen molar-refractivity contribution in [1.29, 1.82) is 0 Å². The summed E-state index contributed by atoms with van der Waals surface area (Å²) in [7, 11) is 1.47. The minimum absolute atomic E-state index is 0.00616. The standard InChI is InChI=1S/C8H15NO3/c1-5-7(9-12-2)3-6(10)4-8(5)11/h5-6,8,10-11H,3-4H2,1-2H3/b9-7-/t5?,6-,8-/m0/s1. The molecule has 1 aliphatic rings. The Hall–Kier alpha value is -0.610. The summed E-state index contributed by atoms with van der Waals surface area (Å²) in [6.07, 6.45) is -0.0385. The zero-order valence-electron chi connectivity index (χ0n) is 7.40. The van der Waals surface area contributed by atoms with E-state index in [1.54, 1.807) is 0 Å². The SMILES string of the molecule is CO/N=C1/C[C@H](O)C[C@H](O)C1C. The molecule has 0 bridgehead atoms. The van der Waals surface area contributed by atoms with Crippen LogP contribution in [-0.4, -0.2) is 35.2 Å². The molecule has 0 saturated heterocycles. The predicted octanol–water partition coefficient (Wildman–Crippen LogP) is 0.141. The van der Waals surface area contributed by atoms with E-state index in [2.05, 4.69) is 9.99 Å². The van der Waals surface area contributed by atoms with Crippen LogP contribution in [0.25, 0.3) is 0 Å². The third-order valence-electron chi connectivity index (χ3n) is 2.27. The van der Waals surface area contributed by atoms with Crippen LogP contribution in [0.5, 0.6) is 0 Å². The molecule has 0 spiro atoms. The van der Waals surface area contributed by atoms with Gasteiger partial charge >= 0.3 is 0 Å². The van der Waals surface area contributed by atoms with E-state index in [1.807, 2.05) is 6.92 Å². The van der Waals surface area contributed by atoms with Crippen LogP contribution >= 0.6 is 0 Å². The first kappa shape index (κ1) is 9.48. The lowest BCUT2D eigenvalue weighted by atomic mass is 9.84. The number of hydrogen-bond donors (Lipinski definition) is 2. The van der Waals surface area contributed by atoms with Crippen LogP contribution in [0, 0.1) is 5.92 Å².